The van der Waals surface area contributed by atoms with Crippen molar-refractivity contribution in [3.63, 3.8) is 0 Å². The van der Waals surface area contributed by atoms with E-state index in [1.54, 1.807) is 0 Å². The molecule has 1 heterocycles. The van der Waals surface area contributed by atoms with Crippen LogP contribution in [0.15, 0.2) is 0 Å². The van der Waals surface area contributed by atoms with E-state index in [9.17, 15) is 18.0 Å². The summed E-state index contributed by atoms with van der Waals surface area (Å²) in [7, 11) is 0. The fraction of sp³-hybridized carbons (Fsp3) is 0.933. The highest BCUT2D eigenvalue weighted by Crippen LogP contribution is 2.53. The fourth-order valence-electron chi connectivity index (χ4n) is 4.36. The second-order valence-electron chi connectivity index (χ2n) is 7.19. The topological polar surface area (TPSA) is 46.3 Å². The molecule has 4 aliphatic rings. The van der Waals surface area contributed by atoms with Crippen LogP contribution in [-0.4, -0.2) is 35.1 Å². The fourth-order valence-corrected chi connectivity index (χ4v) is 4.36. The lowest BCUT2D eigenvalue weighted by atomic mass is 9.57. The molecule has 4 rings (SSSR count). The van der Waals surface area contributed by atoms with Gasteiger partial charge in [-0.3, -0.25) is 4.79 Å². The Hall–Kier alpha value is -0.780. The Morgan fingerprint density at radius 2 is 1.62 bits per heavy atom. The van der Waals surface area contributed by atoms with Crippen LogP contribution in [0.4, 0.5) is 13.2 Å². The molecule has 3 nitrogen and oxygen atoms in total. The number of carbonyl (C=O) groups is 1. The summed E-state index contributed by atoms with van der Waals surface area (Å²) < 4.78 is 39.6. The number of likely N-dealkylation sites (tertiary alicyclic amines) is 1. The summed E-state index contributed by atoms with van der Waals surface area (Å²) in [5.41, 5.74) is 5.48. The van der Waals surface area contributed by atoms with Crippen LogP contribution < -0.4 is 5.73 Å². The maximum absolute atomic E-state index is 13.2. The maximum atomic E-state index is 13.2. The quantitative estimate of drug-likeness (QED) is 0.809. The van der Waals surface area contributed by atoms with Crippen molar-refractivity contribution >= 4 is 5.91 Å². The van der Waals surface area contributed by atoms with Gasteiger partial charge in [-0.2, -0.15) is 13.2 Å². The number of carbonyl (C=O) groups excluding carboxylic acids is 1. The van der Waals surface area contributed by atoms with Crippen LogP contribution >= 0.6 is 0 Å². The van der Waals surface area contributed by atoms with Gasteiger partial charge in [0.05, 0.1) is 0 Å². The van der Waals surface area contributed by atoms with Crippen LogP contribution in [0, 0.1) is 5.41 Å². The summed E-state index contributed by atoms with van der Waals surface area (Å²) in [4.78, 5) is 14.0. The van der Waals surface area contributed by atoms with E-state index in [1.165, 1.54) is 0 Å². The standard InChI is InChI=1S/C15H23F3N2O/c16-15(17,18)11-3-1-2-10-20(11)12(21)13-4-7-14(19,8-5-13)9-6-13/h11H,1-10,19H2. The molecule has 3 saturated carbocycles. The number of fused-ring (bicyclic) bond motifs is 3. The van der Waals surface area contributed by atoms with Crippen LogP contribution in [0.25, 0.3) is 0 Å². The normalized spacial score (nSPS) is 40.4. The zero-order valence-electron chi connectivity index (χ0n) is 12.2. The largest absolute Gasteiger partial charge is 0.408 e. The molecule has 1 atom stereocenters. The Labute approximate surface area is 123 Å². The van der Waals surface area contributed by atoms with Crippen molar-refractivity contribution in [2.45, 2.75) is 75.5 Å². The molecule has 1 unspecified atom stereocenters. The lowest BCUT2D eigenvalue weighted by Crippen LogP contribution is -2.61. The predicted molar refractivity (Wildman–Crippen MR) is 72.5 cm³/mol. The summed E-state index contributed by atoms with van der Waals surface area (Å²) in [5.74, 6) is -0.258. The van der Waals surface area contributed by atoms with E-state index in [4.69, 9.17) is 5.73 Å². The zero-order valence-corrected chi connectivity index (χ0v) is 12.2. The van der Waals surface area contributed by atoms with E-state index >= 15 is 0 Å². The molecule has 0 radical (unpaired) electrons. The van der Waals surface area contributed by atoms with Gasteiger partial charge in [-0.25, -0.2) is 0 Å². The van der Waals surface area contributed by atoms with Crippen LogP contribution in [0.2, 0.25) is 0 Å². The Morgan fingerprint density at radius 3 is 2.14 bits per heavy atom. The number of hydrogen-bond donors (Lipinski definition) is 1. The molecule has 0 spiro atoms. The molecule has 4 fully saturated rings. The van der Waals surface area contributed by atoms with Crippen molar-refractivity contribution in [3.8, 4) is 0 Å². The van der Waals surface area contributed by atoms with Crippen molar-refractivity contribution in [2.24, 2.45) is 11.1 Å². The number of halogens is 3. The summed E-state index contributed by atoms with van der Waals surface area (Å²) in [6, 6.07) is -1.58. The molecule has 1 aliphatic heterocycles. The number of amides is 1. The molecule has 2 bridgehead atoms. The smallest absolute Gasteiger partial charge is 0.330 e. The monoisotopic (exact) mass is 304 g/mol. The zero-order chi connectivity index (χ0) is 15.3. The van der Waals surface area contributed by atoms with Gasteiger partial charge in [-0.15, -0.1) is 0 Å². The lowest BCUT2D eigenvalue weighted by Gasteiger charge is -2.53. The Bertz CT molecular complexity index is 411. The van der Waals surface area contributed by atoms with Crippen LogP contribution in [-0.2, 0) is 4.79 Å². The molecule has 2 N–H and O–H groups in total. The molecule has 21 heavy (non-hydrogen) atoms. The summed E-state index contributed by atoms with van der Waals surface area (Å²) in [5, 5.41) is 0. The molecule has 1 amide bonds. The van der Waals surface area contributed by atoms with Crippen LogP contribution in [0.1, 0.15) is 57.8 Å². The van der Waals surface area contributed by atoms with E-state index in [0.717, 1.165) is 24.2 Å². The molecular weight excluding hydrogens is 281 g/mol. The minimum atomic E-state index is -4.31. The van der Waals surface area contributed by atoms with Gasteiger partial charge in [0.2, 0.25) is 5.91 Å². The molecule has 1 saturated heterocycles. The first kappa shape index (κ1) is 15.1. The first-order valence-electron chi connectivity index (χ1n) is 7.93. The van der Waals surface area contributed by atoms with Gasteiger partial charge >= 0.3 is 6.18 Å². The van der Waals surface area contributed by atoms with Crippen molar-refractivity contribution < 1.29 is 18.0 Å². The van der Waals surface area contributed by atoms with Crippen molar-refractivity contribution in [2.75, 3.05) is 6.54 Å². The van der Waals surface area contributed by atoms with Gasteiger partial charge in [0.25, 0.3) is 0 Å². The van der Waals surface area contributed by atoms with Gasteiger partial charge in [-0.05, 0) is 57.8 Å². The number of piperidine rings is 1. The summed E-state index contributed by atoms with van der Waals surface area (Å²) >= 11 is 0. The van der Waals surface area contributed by atoms with Crippen LogP contribution in [0.5, 0.6) is 0 Å². The number of hydrogen-bond acceptors (Lipinski definition) is 2. The lowest BCUT2D eigenvalue weighted by molar-refractivity contribution is -0.202. The summed E-state index contributed by atoms with van der Waals surface area (Å²) in [6.45, 7) is 0.249. The first-order chi connectivity index (χ1) is 9.76. The average molecular weight is 304 g/mol. The maximum Gasteiger partial charge on any atom is 0.408 e. The highest BCUT2D eigenvalue weighted by molar-refractivity contribution is 5.83. The molecule has 120 valence electrons. The van der Waals surface area contributed by atoms with Crippen molar-refractivity contribution in [3.05, 3.63) is 0 Å². The third-order valence-corrected chi connectivity index (χ3v) is 5.90. The third kappa shape index (κ3) is 2.56. The van der Waals surface area contributed by atoms with Gasteiger partial charge in [0.15, 0.2) is 0 Å². The second-order valence-corrected chi connectivity index (χ2v) is 7.19. The van der Waals surface area contributed by atoms with E-state index in [0.29, 0.717) is 32.1 Å². The molecule has 0 aromatic carbocycles. The molecular formula is C15H23F3N2O. The number of nitrogens with two attached hydrogens (primary N) is 1. The van der Waals surface area contributed by atoms with Gasteiger partial charge in [0, 0.05) is 17.5 Å². The van der Waals surface area contributed by atoms with Gasteiger partial charge in [0.1, 0.15) is 6.04 Å². The highest BCUT2D eigenvalue weighted by atomic mass is 19.4. The Morgan fingerprint density at radius 1 is 1.05 bits per heavy atom. The van der Waals surface area contributed by atoms with Gasteiger partial charge < -0.3 is 10.6 Å². The van der Waals surface area contributed by atoms with E-state index in [2.05, 4.69) is 0 Å². The SMILES string of the molecule is NC12CCC(C(=O)N3CCCCC3C(F)(F)F)(CC1)CC2. The highest BCUT2D eigenvalue weighted by Gasteiger charge is 2.55. The Balaban J connectivity index is 1.80. The van der Waals surface area contributed by atoms with Crippen molar-refractivity contribution in [1.82, 2.24) is 4.90 Å². The van der Waals surface area contributed by atoms with Crippen molar-refractivity contribution in [1.29, 1.82) is 0 Å². The second kappa shape index (κ2) is 4.86. The van der Waals surface area contributed by atoms with Gasteiger partial charge in [-0.1, -0.05) is 0 Å². The number of rotatable bonds is 1. The van der Waals surface area contributed by atoms with E-state index in [-0.39, 0.29) is 24.4 Å². The predicted octanol–water partition coefficient (Wildman–Crippen LogP) is 2.98. The summed E-state index contributed by atoms with van der Waals surface area (Å²) in [6.07, 6.45) is 1.23. The molecule has 3 aliphatic carbocycles. The number of alkyl halides is 3. The minimum absolute atomic E-state index is 0.0478. The minimum Gasteiger partial charge on any atom is -0.330 e. The van der Waals surface area contributed by atoms with E-state index in [1.807, 2.05) is 0 Å². The molecule has 6 heteroatoms. The third-order valence-electron chi connectivity index (χ3n) is 5.90. The van der Waals surface area contributed by atoms with Crippen LogP contribution in [0.3, 0.4) is 0 Å². The Kier molecular flexibility index (Phi) is 3.50. The average Bonchev–Trinajstić information content (AvgIpc) is 2.47. The molecule has 0 aromatic rings. The molecule has 0 aromatic heterocycles. The van der Waals surface area contributed by atoms with E-state index < -0.39 is 17.6 Å². The first-order valence-corrected chi connectivity index (χ1v) is 7.93. The number of nitrogens with zero attached hydrogens (tertiary/aromatic N) is 1.